The Morgan fingerprint density at radius 1 is 0.972 bits per heavy atom. The number of rotatable bonds is 9. The molecular formula is C29H30ClN3O2S. The van der Waals surface area contributed by atoms with E-state index in [2.05, 4.69) is 24.4 Å². The van der Waals surface area contributed by atoms with Crippen LogP contribution in [-0.4, -0.2) is 20.7 Å². The monoisotopic (exact) mass is 519 g/mol. The maximum absolute atomic E-state index is 12.2. The van der Waals surface area contributed by atoms with Crippen LogP contribution in [0.3, 0.4) is 0 Å². The minimum Gasteiger partial charge on any atom is -0.305 e. The summed E-state index contributed by atoms with van der Waals surface area (Å²) in [7, 11) is -3.40. The molecular weight excluding hydrogens is 490 g/mol. The Labute approximate surface area is 219 Å². The summed E-state index contributed by atoms with van der Waals surface area (Å²) < 4.78 is 24.4. The fourth-order valence-corrected chi connectivity index (χ4v) is 5.19. The SMILES string of the molecule is C[C@H](NC(c1cccc(S(C)(=O)=O)c1)C(C)(C)C#N)[C@@H](Cc1ccc(Cl)cc1)c1cccc(C#N)c1. The Kier molecular flexibility index (Phi) is 8.59. The van der Waals surface area contributed by atoms with Crippen LogP contribution in [0, 0.1) is 28.1 Å². The van der Waals surface area contributed by atoms with Gasteiger partial charge in [-0.3, -0.25) is 0 Å². The van der Waals surface area contributed by atoms with Crippen LogP contribution in [-0.2, 0) is 16.3 Å². The molecule has 0 heterocycles. The lowest BCUT2D eigenvalue weighted by Gasteiger charge is -2.36. The summed E-state index contributed by atoms with van der Waals surface area (Å²) in [5.74, 6) is -0.0328. The van der Waals surface area contributed by atoms with E-state index < -0.39 is 21.3 Å². The Morgan fingerprint density at radius 3 is 2.22 bits per heavy atom. The molecule has 0 aliphatic rings. The Bertz CT molecular complexity index is 1400. The second-order valence-electron chi connectivity index (χ2n) is 9.74. The predicted molar refractivity (Wildman–Crippen MR) is 143 cm³/mol. The quantitative estimate of drug-likeness (QED) is 0.362. The van der Waals surface area contributed by atoms with Gasteiger partial charge in [0.2, 0.25) is 0 Å². The second kappa shape index (κ2) is 11.3. The first-order valence-electron chi connectivity index (χ1n) is 11.7. The second-order valence-corrected chi connectivity index (χ2v) is 12.2. The van der Waals surface area contributed by atoms with E-state index in [0.29, 0.717) is 17.0 Å². The lowest BCUT2D eigenvalue weighted by molar-refractivity contribution is 0.280. The molecule has 0 spiro atoms. The van der Waals surface area contributed by atoms with Gasteiger partial charge in [-0.25, -0.2) is 8.42 Å². The summed E-state index contributed by atoms with van der Waals surface area (Å²) in [6.45, 7) is 5.74. The first-order chi connectivity index (χ1) is 16.9. The van der Waals surface area contributed by atoms with Crippen molar-refractivity contribution in [3.8, 4) is 12.1 Å². The third kappa shape index (κ3) is 6.74. The standard InChI is InChI=1S/C29H30ClN3O2S/c1-20(33-28(29(2,3)19-32)24-9-6-10-26(17-24)36(4,34)35)27(16-21-11-13-25(30)14-12-21)23-8-5-7-22(15-23)18-31/h5-15,17,20,27-28,33H,16H2,1-4H3/t20-,27+,28?/m0/s1. The van der Waals surface area contributed by atoms with Crippen LogP contribution in [0.5, 0.6) is 0 Å². The highest BCUT2D eigenvalue weighted by atomic mass is 35.5. The summed E-state index contributed by atoms with van der Waals surface area (Å²) >= 11 is 6.09. The molecule has 3 rings (SSSR count). The van der Waals surface area contributed by atoms with Crippen LogP contribution >= 0.6 is 11.6 Å². The van der Waals surface area contributed by atoms with Gasteiger partial charge in [0.25, 0.3) is 0 Å². The van der Waals surface area contributed by atoms with E-state index in [1.165, 1.54) is 6.26 Å². The van der Waals surface area contributed by atoms with Gasteiger partial charge in [-0.1, -0.05) is 48.0 Å². The Morgan fingerprint density at radius 2 is 1.61 bits per heavy atom. The van der Waals surface area contributed by atoms with E-state index >= 15 is 0 Å². The minimum atomic E-state index is -3.40. The van der Waals surface area contributed by atoms with E-state index in [1.807, 2.05) is 62.4 Å². The molecule has 7 heteroatoms. The van der Waals surface area contributed by atoms with E-state index in [4.69, 9.17) is 11.6 Å². The molecule has 0 fully saturated rings. The van der Waals surface area contributed by atoms with Gasteiger partial charge in [-0.05, 0) is 80.3 Å². The summed E-state index contributed by atoms with van der Waals surface area (Å²) in [4.78, 5) is 0.215. The number of nitrogens with one attached hydrogen (secondary N) is 1. The third-order valence-corrected chi connectivity index (χ3v) is 7.84. The van der Waals surface area contributed by atoms with Gasteiger partial charge in [-0.2, -0.15) is 10.5 Å². The van der Waals surface area contributed by atoms with Gasteiger partial charge in [0, 0.05) is 23.2 Å². The normalized spacial score (nSPS) is 14.3. The topological polar surface area (TPSA) is 93.8 Å². The fraction of sp³-hybridized carbons (Fsp3) is 0.310. The zero-order valence-corrected chi connectivity index (χ0v) is 22.4. The highest BCUT2D eigenvalue weighted by molar-refractivity contribution is 7.90. The number of hydrogen-bond donors (Lipinski definition) is 1. The van der Waals surface area contributed by atoms with Gasteiger partial charge in [-0.15, -0.1) is 0 Å². The number of nitrogens with zero attached hydrogens (tertiary/aromatic N) is 2. The molecule has 1 N–H and O–H groups in total. The van der Waals surface area contributed by atoms with Crippen molar-refractivity contribution < 1.29 is 8.42 Å². The highest BCUT2D eigenvalue weighted by Gasteiger charge is 2.34. The third-order valence-electron chi connectivity index (χ3n) is 6.48. The van der Waals surface area contributed by atoms with Crippen LogP contribution in [0.4, 0.5) is 0 Å². The molecule has 3 aromatic carbocycles. The summed E-state index contributed by atoms with van der Waals surface area (Å²) in [6, 6.07) is 26.0. The van der Waals surface area contributed by atoms with Crippen molar-refractivity contribution in [1.29, 1.82) is 10.5 Å². The van der Waals surface area contributed by atoms with Gasteiger partial charge in [0.1, 0.15) is 0 Å². The maximum atomic E-state index is 12.2. The molecule has 5 nitrogen and oxygen atoms in total. The van der Waals surface area contributed by atoms with Crippen LogP contribution in [0.2, 0.25) is 5.02 Å². The van der Waals surface area contributed by atoms with Crippen LogP contribution in [0.25, 0.3) is 0 Å². The van der Waals surface area contributed by atoms with Crippen LogP contribution in [0.15, 0.2) is 77.7 Å². The number of benzene rings is 3. The zero-order chi connectivity index (χ0) is 26.5. The van der Waals surface area contributed by atoms with Crippen molar-refractivity contribution in [2.45, 2.75) is 50.1 Å². The first-order valence-corrected chi connectivity index (χ1v) is 13.9. The highest BCUT2D eigenvalue weighted by Crippen LogP contribution is 2.36. The van der Waals surface area contributed by atoms with Gasteiger partial charge < -0.3 is 5.32 Å². The van der Waals surface area contributed by atoms with Crippen molar-refractivity contribution in [3.63, 3.8) is 0 Å². The largest absolute Gasteiger partial charge is 0.305 e. The van der Waals surface area contributed by atoms with Crippen molar-refractivity contribution in [1.82, 2.24) is 5.32 Å². The fourth-order valence-electron chi connectivity index (χ4n) is 4.39. The molecule has 0 saturated heterocycles. The lowest BCUT2D eigenvalue weighted by Crippen LogP contribution is -2.42. The van der Waals surface area contributed by atoms with Gasteiger partial charge in [0.15, 0.2) is 9.84 Å². The Balaban J connectivity index is 2.04. The molecule has 0 aliphatic heterocycles. The first kappa shape index (κ1) is 27.4. The minimum absolute atomic E-state index is 0.0328. The number of sulfone groups is 1. The van der Waals surface area contributed by atoms with E-state index in [0.717, 1.165) is 16.7 Å². The molecule has 0 bridgehead atoms. The number of halogens is 1. The molecule has 3 aromatic rings. The number of hydrogen-bond acceptors (Lipinski definition) is 5. The molecule has 0 aromatic heterocycles. The Hall–Kier alpha value is -3.16. The average molecular weight is 520 g/mol. The molecule has 36 heavy (non-hydrogen) atoms. The molecule has 1 unspecified atom stereocenters. The van der Waals surface area contributed by atoms with Crippen LogP contribution < -0.4 is 5.32 Å². The molecule has 0 saturated carbocycles. The zero-order valence-electron chi connectivity index (χ0n) is 20.9. The predicted octanol–water partition coefficient (Wildman–Crippen LogP) is 6.21. The molecule has 0 aliphatic carbocycles. The lowest BCUT2D eigenvalue weighted by atomic mass is 9.79. The van der Waals surface area contributed by atoms with Gasteiger partial charge >= 0.3 is 0 Å². The van der Waals surface area contributed by atoms with E-state index in [1.54, 1.807) is 24.3 Å². The van der Waals surface area contributed by atoms with Crippen molar-refractivity contribution in [2.75, 3.05) is 6.26 Å². The molecule has 0 radical (unpaired) electrons. The van der Waals surface area contributed by atoms with E-state index in [-0.39, 0.29) is 16.9 Å². The molecule has 3 atom stereocenters. The summed E-state index contributed by atoms with van der Waals surface area (Å²) in [6.07, 6.45) is 1.86. The molecule has 186 valence electrons. The maximum Gasteiger partial charge on any atom is 0.175 e. The summed E-state index contributed by atoms with van der Waals surface area (Å²) in [5, 5.41) is 23.8. The molecule has 0 amide bonds. The van der Waals surface area contributed by atoms with Crippen LogP contribution in [0.1, 0.15) is 55.0 Å². The smallest absolute Gasteiger partial charge is 0.175 e. The van der Waals surface area contributed by atoms with E-state index in [9.17, 15) is 18.9 Å². The van der Waals surface area contributed by atoms with Crippen molar-refractivity contribution in [3.05, 3.63) is 100 Å². The average Bonchev–Trinajstić information content (AvgIpc) is 2.86. The number of nitriles is 2. The van der Waals surface area contributed by atoms with Crippen molar-refractivity contribution >= 4 is 21.4 Å². The van der Waals surface area contributed by atoms with Crippen molar-refractivity contribution in [2.24, 2.45) is 5.41 Å². The van der Waals surface area contributed by atoms with Gasteiger partial charge in [0.05, 0.1) is 34.1 Å². The summed E-state index contributed by atoms with van der Waals surface area (Å²) in [5.41, 5.74) is 2.57.